The van der Waals surface area contributed by atoms with Gasteiger partial charge in [-0.15, -0.1) is 24.0 Å². The normalized spacial score (nSPS) is 15.9. The molecule has 1 fully saturated rings. The first kappa shape index (κ1) is 22.7. The van der Waals surface area contributed by atoms with Gasteiger partial charge in [0.05, 0.1) is 6.54 Å². The van der Waals surface area contributed by atoms with Crippen LogP contribution in [0, 0.1) is 5.92 Å². The molecule has 0 heterocycles. The number of anilines is 1. The van der Waals surface area contributed by atoms with Crippen LogP contribution in [0.25, 0.3) is 0 Å². The lowest BCUT2D eigenvalue weighted by Crippen LogP contribution is -2.42. The van der Waals surface area contributed by atoms with Crippen molar-refractivity contribution in [2.75, 3.05) is 11.9 Å². The van der Waals surface area contributed by atoms with Crippen LogP contribution in [-0.4, -0.2) is 24.5 Å². The van der Waals surface area contributed by atoms with Gasteiger partial charge in [-0.05, 0) is 43.9 Å². The number of nitrogens with one attached hydrogen (secondary N) is 3. The second-order valence-corrected chi connectivity index (χ2v) is 6.82. The summed E-state index contributed by atoms with van der Waals surface area (Å²) >= 11 is 0. The van der Waals surface area contributed by atoms with Crippen LogP contribution in [0.15, 0.2) is 29.3 Å². The summed E-state index contributed by atoms with van der Waals surface area (Å²) in [7, 11) is 0. The topological polar surface area (TPSA) is 65.5 Å². The Morgan fingerprint density at radius 3 is 2.65 bits per heavy atom. The Kier molecular flexibility index (Phi) is 10.6. The minimum atomic E-state index is 0. The molecule has 2 rings (SSSR count). The highest BCUT2D eigenvalue weighted by atomic mass is 127. The summed E-state index contributed by atoms with van der Waals surface area (Å²) in [6, 6.07) is 8.48. The summed E-state index contributed by atoms with van der Waals surface area (Å²) in [5.74, 6) is 0.973. The van der Waals surface area contributed by atoms with E-state index in [2.05, 4.69) is 22.9 Å². The maximum absolute atomic E-state index is 12.0. The van der Waals surface area contributed by atoms with Crippen LogP contribution >= 0.6 is 24.0 Å². The summed E-state index contributed by atoms with van der Waals surface area (Å²) in [6.07, 6.45) is 5.89. The van der Waals surface area contributed by atoms with Crippen molar-refractivity contribution in [3.8, 4) is 0 Å². The molecule has 0 spiro atoms. The van der Waals surface area contributed by atoms with Crippen molar-refractivity contribution < 1.29 is 4.79 Å². The molecular formula is C20H33IN4O. The van der Waals surface area contributed by atoms with Crippen molar-refractivity contribution in [2.24, 2.45) is 10.9 Å². The molecule has 0 aromatic heterocycles. The SMILES string of the molecule is CCNC(=NCc1cccc(NC(=O)C(C)CC)c1)NC1CCCC1.I. The fourth-order valence-electron chi connectivity index (χ4n) is 2.95. The molecular weight excluding hydrogens is 439 g/mol. The Bertz CT molecular complexity index is 585. The van der Waals surface area contributed by atoms with Crippen LogP contribution < -0.4 is 16.0 Å². The molecule has 1 amide bonds. The van der Waals surface area contributed by atoms with Gasteiger partial charge in [0.2, 0.25) is 5.91 Å². The van der Waals surface area contributed by atoms with Gasteiger partial charge in [-0.25, -0.2) is 4.99 Å². The van der Waals surface area contributed by atoms with E-state index in [1.165, 1.54) is 25.7 Å². The van der Waals surface area contributed by atoms with Crippen LogP contribution in [0.2, 0.25) is 0 Å². The summed E-state index contributed by atoms with van der Waals surface area (Å²) in [5, 5.41) is 9.83. The first-order chi connectivity index (χ1) is 12.1. The summed E-state index contributed by atoms with van der Waals surface area (Å²) in [4.78, 5) is 16.7. The minimum Gasteiger partial charge on any atom is -0.357 e. The van der Waals surface area contributed by atoms with Gasteiger partial charge in [0, 0.05) is 24.2 Å². The van der Waals surface area contributed by atoms with Crippen molar-refractivity contribution in [2.45, 2.75) is 65.5 Å². The highest BCUT2D eigenvalue weighted by molar-refractivity contribution is 14.0. The van der Waals surface area contributed by atoms with Gasteiger partial charge in [-0.1, -0.05) is 38.8 Å². The number of aliphatic imine (C=N–C) groups is 1. The third kappa shape index (κ3) is 7.51. The van der Waals surface area contributed by atoms with E-state index in [-0.39, 0.29) is 35.8 Å². The van der Waals surface area contributed by atoms with Crippen LogP contribution in [0.5, 0.6) is 0 Å². The maximum Gasteiger partial charge on any atom is 0.227 e. The molecule has 26 heavy (non-hydrogen) atoms. The third-order valence-electron chi connectivity index (χ3n) is 4.71. The molecule has 1 aliphatic carbocycles. The average Bonchev–Trinajstić information content (AvgIpc) is 3.12. The van der Waals surface area contributed by atoms with Gasteiger partial charge in [-0.3, -0.25) is 4.79 Å². The monoisotopic (exact) mass is 472 g/mol. The Balaban J connectivity index is 0.00000338. The van der Waals surface area contributed by atoms with E-state index >= 15 is 0 Å². The lowest BCUT2D eigenvalue weighted by atomic mass is 10.1. The standard InChI is InChI=1S/C20H32N4O.HI/c1-4-15(3)19(25)23-18-12-8-9-16(13-18)14-22-20(21-5-2)24-17-10-6-7-11-17;/h8-9,12-13,15,17H,4-7,10-11,14H2,1-3H3,(H,23,25)(H2,21,22,24);1H. The number of carbonyl (C=O) groups is 1. The number of rotatable bonds is 7. The summed E-state index contributed by atoms with van der Waals surface area (Å²) in [6.45, 7) is 7.49. The largest absolute Gasteiger partial charge is 0.357 e. The number of halogens is 1. The van der Waals surface area contributed by atoms with E-state index in [1.807, 2.05) is 38.1 Å². The molecule has 0 aliphatic heterocycles. The summed E-state index contributed by atoms with van der Waals surface area (Å²) < 4.78 is 0. The predicted octanol–water partition coefficient (Wildman–Crippen LogP) is 4.29. The summed E-state index contributed by atoms with van der Waals surface area (Å²) in [5.41, 5.74) is 1.93. The molecule has 0 saturated heterocycles. The Hall–Kier alpha value is -1.31. The molecule has 1 saturated carbocycles. The fraction of sp³-hybridized carbons (Fsp3) is 0.600. The van der Waals surface area contributed by atoms with E-state index in [9.17, 15) is 4.79 Å². The van der Waals surface area contributed by atoms with Crippen LogP contribution in [0.1, 0.15) is 58.4 Å². The van der Waals surface area contributed by atoms with E-state index in [4.69, 9.17) is 4.99 Å². The number of amides is 1. The van der Waals surface area contributed by atoms with Crippen molar-refractivity contribution in [3.05, 3.63) is 29.8 Å². The van der Waals surface area contributed by atoms with Crippen LogP contribution in [-0.2, 0) is 11.3 Å². The van der Waals surface area contributed by atoms with Crippen molar-refractivity contribution >= 4 is 41.5 Å². The molecule has 1 aromatic carbocycles. The lowest BCUT2D eigenvalue weighted by Gasteiger charge is -2.16. The second kappa shape index (κ2) is 12.1. The number of guanidine groups is 1. The highest BCUT2D eigenvalue weighted by Crippen LogP contribution is 2.17. The zero-order valence-electron chi connectivity index (χ0n) is 16.2. The molecule has 1 aromatic rings. The first-order valence-electron chi connectivity index (χ1n) is 9.57. The lowest BCUT2D eigenvalue weighted by molar-refractivity contribution is -0.119. The van der Waals surface area contributed by atoms with Crippen molar-refractivity contribution in [1.82, 2.24) is 10.6 Å². The second-order valence-electron chi connectivity index (χ2n) is 6.82. The zero-order valence-corrected chi connectivity index (χ0v) is 18.5. The van der Waals surface area contributed by atoms with Gasteiger partial charge in [0.25, 0.3) is 0 Å². The minimum absolute atomic E-state index is 0. The Labute approximate surface area is 174 Å². The predicted molar refractivity (Wildman–Crippen MR) is 120 cm³/mol. The number of benzene rings is 1. The molecule has 5 nitrogen and oxygen atoms in total. The molecule has 6 heteroatoms. The highest BCUT2D eigenvalue weighted by Gasteiger charge is 2.15. The quantitative estimate of drug-likeness (QED) is 0.315. The number of carbonyl (C=O) groups excluding carboxylic acids is 1. The van der Waals surface area contributed by atoms with Crippen LogP contribution in [0.4, 0.5) is 5.69 Å². The van der Waals surface area contributed by atoms with E-state index in [0.29, 0.717) is 12.6 Å². The number of hydrogen-bond donors (Lipinski definition) is 3. The molecule has 1 unspecified atom stereocenters. The Morgan fingerprint density at radius 1 is 1.27 bits per heavy atom. The number of hydrogen-bond acceptors (Lipinski definition) is 2. The fourth-order valence-corrected chi connectivity index (χ4v) is 2.95. The third-order valence-corrected chi connectivity index (χ3v) is 4.71. The van der Waals surface area contributed by atoms with Gasteiger partial charge >= 0.3 is 0 Å². The molecule has 0 bridgehead atoms. The Morgan fingerprint density at radius 2 is 2.00 bits per heavy atom. The van der Waals surface area contributed by atoms with Crippen LogP contribution in [0.3, 0.4) is 0 Å². The molecule has 1 atom stereocenters. The zero-order chi connectivity index (χ0) is 18.1. The van der Waals surface area contributed by atoms with Crippen molar-refractivity contribution in [3.63, 3.8) is 0 Å². The molecule has 0 radical (unpaired) electrons. The van der Waals surface area contributed by atoms with E-state index in [0.717, 1.165) is 30.2 Å². The van der Waals surface area contributed by atoms with Gasteiger partial charge < -0.3 is 16.0 Å². The molecule has 3 N–H and O–H groups in total. The van der Waals surface area contributed by atoms with E-state index < -0.39 is 0 Å². The molecule has 146 valence electrons. The van der Waals surface area contributed by atoms with Gasteiger partial charge in [0.1, 0.15) is 0 Å². The number of nitrogens with zero attached hydrogens (tertiary/aromatic N) is 1. The van der Waals surface area contributed by atoms with Crippen molar-refractivity contribution in [1.29, 1.82) is 0 Å². The maximum atomic E-state index is 12.0. The van der Waals surface area contributed by atoms with E-state index in [1.54, 1.807) is 0 Å². The first-order valence-corrected chi connectivity index (χ1v) is 9.57. The van der Waals surface area contributed by atoms with Gasteiger partial charge in [0.15, 0.2) is 5.96 Å². The van der Waals surface area contributed by atoms with Gasteiger partial charge in [-0.2, -0.15) is 0 Å². The smallest absolute Gasteiger partial charge is 0.227 e. The molecule has 1 aliphatic rings. The average molecular weight is 472 g/mol.